The van der Waals surface area contributed by atoms with Crippen LogP contribution in [0.1, 0.15) is 12.6 Å². The SMILES string of the molecule is CCn1nc(Cn2cc(Br)c([N+](=O)[O-])n2)c2ccccc21. The normalized spacial score (nSPS) is 11.1. The van der Waals surface area contributed by atoms with Crippen molar-refractivity contribution in [3.8, 4) is 0 Å². The highest BCUT2D eigenvalue weighted by atomic mass is 79.9. The summed E-state index contributed by atoms with van der Waals surface area (Å²) >= 11 is 3.15. The Labute approximate surface area is 128 Å². The number of para-hydroxylation sites is 1. The number of benzene rings is 1. The van der Waals surface area contributed by atoms with Crippen molar-refractivity contribution in [2.45, 2.75) is 20.0 Å². The van der Waals surface area contributed by atoms with Gasteiger partial charge in [-0.15, -0.1) is 0 Å². The molecule has 3 rings (SSSR count). The summed E-state index contributed by atoms with van der Waals surface area (Å²) in [4.78, 5) is 10.3. The molecule has 2 aromatic heterocycles. The van der Waals surface area contributed by atoms with E-state index < -0.39 is 4.92 Å². The van der Waals surface area contributed by atoms with Crippen LogP contribution in [0.25, 0.3) is 10.9 Å². The second kappa shape index (κ2) is 5.28. The Kier molecular flexibility index (Phi) is 3.46. The van der Waals surface area contributed by atoms with Gasteiger partial charge in [0.2, 0.25) is 0 Å². The van der Waals surface area contributed by atoms with E-state index in [0.717, 1.165) is 23.1 Å². The van der Waals surface area contributed by atoms with E-state index in [1.54, 1.807) is 6.20 Å². The fourth-order valence-electron chi connectivity index (χ4n) is 2.30. The van der Waals surface area contributed by atoms with E-state index in [0.29, 0.717) is 11.0 Å². The summed E-state index contributed by atoms with van der Waals surface area (Å²) in [5.41, 5.74) is 1.90. The number of halogens is 1. The molecule has 0 saturated heterocycles. The Hall–Kier alpha value is -2.22. The van der Waals surface area contributed by atoms with Crippen LogP contribution in [0.3, 0.4) is 0 Å². The molecule has 0 N–H and O–H groups in total. The summed E-state index contributed by atoms with van der Waals surface area (Å²) in [6.07, 6.45) is 1.60. The minimum absolute atomic E-state index is 0.186. The molecule has 0 radical (unpaired) electrons. The summed E-state index contributed by atoms with van der Waals surface area (Å²) in [7, 11) is 0. The number of rotatable bonds is 4. The molecule has 0 saturated carbocycles. The molecule has 0 aliphatic carbocycles. The zero-order chi connectivity index (χ0) is 15.0. The van der Waals surface area contributed by atoms with E-state index in [2.05, 4.69) is 26.1 Å². The lowest BCUT2D eigenvalue weighted by molar-refractivity contribution is -0.390. The molecule has 0 amide bonds. The molecule has 0 aliphatic rings. The first-order chi connectivity index (χ1) is 10.1. The standard InChI is InChI=1S/C13H12BrN5O2/c1-2-18-12-6-4-3-5-9(12)11(15-18)8-17-7-10(14)13(16-17)19(20)21/h3-7H,2,8H2,1H3. The summed E-state index contributed by atoms with van der Waals surface area (Å²) < 4.78 is 3.81. The van der Waals surface area contributed by atoms with Crippen LogP contribution in [-0.2, 0) is 13.1 Å². The van der Waals surface area contributed by atoms with Gasteiger partial charge in [-0.25, -0.2) is 0 Å². The van der Waals surface area contributed by atoms with E-state index in [9.17, 15) is 10.1 Å². The first-order valence-corrected chi connectivity index (χ1v) is 7.21. The quantitative estimate of drug-likeness (QED) is 0.535. The van der Waals surface area contributed by atoms with E-state index in [1.165, 1.54) is 4.68 Å². The smallest absolute Gasteiger partial charge is 0.358 e. The first kappa shape index (κ1) is 13.7. The molecular formula is C13H12BrN5O2. The Morgan fingerprint density at radius 1 is 1.33 bits per heavy atom. The molecule has 0 atom stereocenters. The highest BCUT2D eigenvalue weighted by Gasteiger charge is 2.20. The molecule has 108 valence electrons. The number of aryl methyl sites for hydroxylation is 1. The summed E-state index contributed by atoms with van der Waals surface area (Å²) in [6, 6.07) is 7.93. The van der Waals surface area contributed by atoms with Gasteiger partial charge >= 0.3 is 5.82 Å². The molecule has 1 aromatic carbocycles. The topological polar surface area (TPSA) is 78.8 Å². The van der Waals surface area contributed by atoms with Gasteiger partial charge in [-0.1, -0.05) is 18.2 Å². The maximum atomic E-state index is 10.8. The van der Waals surface area contributed by atoms with Crippen molar-refractivity contribution in [2.75, 3.05) is 0 Å². The molecule has 0 aliphatic heterocycles. The monoisotopic (exact) mass is 349 g/mol. The van der Waals surface area contributed by atoms with E-state index in [1.807, 2.05) is 35.9 Å². The maximum absolute atomic E-state index is 10.8. The fraction of sp³-hybridized carbons (Fsp3) is 0.231. The van der Waals surface area contributed by atoms with Crippen molar-refractivity contribution in [3.63, 3.8) is 0 Å². The van der Waals surface area contributed by atoms with Crippen molar-refractivity contribution in [2.24, 2.45) is 0 Å². The van der Waals surface area contributed by atoms with Crippen molar-refractivity contribution in [1.29, 1.82) is 0 Å². The lowest BCUT2D eigenvalue weighted by atomic mass is 10.2. The molecule has 0 bridgehead atoms. The summed E-state index contributed by atoms with van der Waals surface area (Å²) in [6.45, 7) is 3.18. The van der Waals surface area contributed by atoms with Gasteiger partial charge in [0.15, 0.2) is 0 Å². The fourth-order valence-corrected chi connectivity index (χ4v) is 2.76. The van der Waals surface area contributed by atoms with Crippen LogP contribution in [0.2, 0.25) is 0 Å². The van der Waals surface area contributed by atoms with Gasteiger partial charge in [0.05, 0.1) is 22.5 Å². The first-order valence-electron chi connectivity index (χ1n) is 6.42. The minimum Gasteiger partial charge on any atom is -0.358 e. The van der Waals surface area contributed by atoms with Gasteiger partial charge in [0.1, 0.15) is 11.0 Å². The highest BCUT2D eigenvalue weighted by molar-refractivity contribution is 9.10. The lowest BCUT2D eigenvalue weighted by Gasteiger charge is -1.95. The Morgan fingerprint density at radius 2 is 2.10 bits per heavy atom. The van der Waals surface area contributed by atoms with Crippen molar-refractivity contribution < 1.29 is 4.92 Å². The maximum Gasteiger partial charge on any atom is 0.404 e. The van der Waals surface area contributed by atoms with Crippen molar-refractivity contribution in [3.05, 3.63) is 50.7 Å². The predicted molar refractivity (Wildman–Crippen MR) is 81.1 cm³/mol. The third-order valence-electron chi connectivity index (χ3n) is 3.22. The molecule has 2 heterocycles. The zero-order valence-corrected chi connectivity index (χ0v) is 12.8. The van der Waals surface area contributed by atoms with Crippen LogP contribution < -0.4 is 0 Å². The number of aromatic nitrogens is 4. The summed E-state index contributed by atoms with van der Waals surface area (Å²) in [5.74, 6) is -0.186. The Morgan fingerprint density at radius 3 is 2.76 bits per heavy atom. The molecule has 3 aromatic rings. The highest BCUT2D eigenvalue weighted by Crippen LogP contribution is 2.24. The molecule has 8 heteroatoms. The molecule has 21 heavy (non-hydrogen) atoms. The Balaban J connectivity index is 2.02. The van der Waals surface area contributed by atoms with E-state index >= 15 is 0 Å². The molecule has 0 fully saturated rings. The lowest BCUT2D eigenvalue weighted by Crippen LogP contribution is -2.03. The number of hydrogen-bond donors (Lipinski definition) is 0. The third-order valence-corrected chi connectivity index (χ3v) is 3.78. The van der Waals surface area contributed by atoms with Crippen LogP contribution in [0, 0.1) is 10.1 Å². The van der Waals surface area contributed by atoms with Crippen LogP contribution in [0.15, 0.2) is 34.9 Å². The largest absolute Gasteiger partial charge is 0.404 e. The average Bonchev–Trinajstić information content (AvgIpc) is 3.01. The van der Waals surface area contributed by atoms with Gasteiger partial charge in [-0.2, -0.15) is 9.78 Å². The van der Waals surface area contributed by atoms with Crippen LogP contribution in [-0.4, -0.2) is 24.5 Å². The molecule has 0 unspecified atom stereocenters. The Bertz CT molecular complexity index is 823. The van der Waals surface area contributed by atoms with Crippen molar-refractivity contribution in [1.82, 2.24) is 19.6 Å². The average molecular weight is 350 g/mol. The van der Waals surface area contributed by atoms with Gasteiger partial charge < -0.3 is 10.1 Å². The number of nitro groups is 1. The predicted octanol–water partition coefficient (Wildman–Crippen LogP) is 2.97. The summed E-state index contributed by atoms with van der Waals surface area (Å²) in [5, 5.41) is 20.4. The van der Waals surface area contributed by atoms with Crippen LogP contribution in [0.5, 0.6) is 0 Å². The van der Waals surface area contributed by atoms with Gasteiger partial charge in [0.25, 0.3) is 0 Å². The van der Waals surface area contributed by atoms with E-state index in [4.69, 9.17) is 0 Å². The zero-order valence-electron chi connectivity index (χ0n) is 11.2. The minimum atomic E-state index is -0.511. The van der Waals surface area contributed by atoms with Gasteiger partial charge in [-0.3, -0.25) is 4.68 Å². The third kappa shape index (κ3) is 2.42. The molecular weight excluding hydrogens is 338 g/mol. The van der Waals surface area contributed by atoms with E-state index in [-0.39, 0.29) is 5.82 Å². The van der Waals surface area contributed by atoms with Gasteiger partial charge in [0, 0.05) is 11.9 Å². The van der Waals surface area contributed by atoms with Crippen LogP contribution >= 0.6 is 15.9 Å². The molecule has 0 spiro atoms. The van der Waals surface area contributed by atoms with Crippen LogP contribution in [0.4, 0.5) is 5.82 Å². The van der Waals surface area contributed by atoms with Gasteiger partial charge in [-0.05, 0) is 33.8 Å². The second-order valence-corrected chi connectivity index (χ2v) is 5.39. The number of nitrogens with zero attached hydrogens (tertiary/aromatic N) is 5. The molecule has 7 nitrogen and oxygen atoms in total. The second-order valence-electron chi connectivity index (χ2n) is 4.53. The number of hydrogen-bond acceptors (Lipinski definition) is 4. The number of fused-ring (bicyclic) bond motifs is 1. The van der Waals surface area contributed by atoms with Crippen molar-refractivity contribution >= 4 is 32.7 Å².